The summed E-state index contributed by atoms with van der Waals surface area (Å²) in [5.74, 6) is 0.634. The second-order valence-electron chi connectivity index (χ2n) is 3.46. The molecule has 0 fully saturated rings. The van der Waals surface area contributed by atoms with Gasteiger partial charge in [-0.2, -0.15) is 15.8 Å². The number of hydrogen-bond acceptors (Lipinski definition) is 5. The minimum absolute atomic E-state index is 0.0614. The zero-order valence-electron chi connectivity index (χ0n) is 10.2. The summed E-state index contributed by atoms with van der Waals surface area (Å²) in [6, 6.07) is 12.2. The van der Waals surface area contributed by atoms with E-state index in [-0.39, 0.29) is 16.8 Å². The van der Waals surface area contributed by atoms with Gasteiger partial charge in [0, 0.05) is 0 Å². The third-order valence-electron chi connectivity index (χ3n) is 2.31. The van der Waals surface area contributed by atoms with E-state index in [1.54, 1.807) is 36.4 Å². The van der Waals surface area contributed by atoms with Gasteiger partial charge in [-0.15, -0.1) is 0 Å². The van der Waals surface area contributed by atoms with E-state index in [4.69, 9.17) is 26.3 Å². The highest BCUT2D eigenvalue weighted by molar-refractivity contribution is 5.66. The second kappa shape index (κ2) is 6.49. The van der Waals surface area contributed by atoms with E-state index < -0.39 is 0 Å². The van der Waals surface area contributed by atoms with Crippen molar-refractivity contribution >= 4 is 6.08 Å². The molecule has 0 amide bonds. The molecular weight excluding hydrogens is 240 g/mol. The number of hydrogen-bond donors (Lipinski definition) is 1. The van der Waals surface area contributed by atoms with E-state index in [0.29, 0.717) is 11.3 Å². The van der Waals surface area contributed by atoms with E-state index in [1.807, 2.05) is 6.07 Å². The maximum absolute atomic E-state index is 9.04. The number of allylic oxidation sites excluding steroid dienone is 2. The molecule has 5 nitrogen and oxygen atoms in total. The molecule has 0 spiro atoms. The van der Waals surface area contributed by atoms with Gasteiger partial charge in [-0.25, -0.2) is 0 Å². The van der Waals surface area contributed by atoms with Crippen LogP contribution in [0.25, 0.3) is 6.08 Å². The van der Waals surface area contributed by atoms with Crippen molar-refractivity contribution < 1.29 is 4.74 Å². The summed E-state index contributed by atoms with van der Waals surface area (Å²) in [7, 11) is 1.53. The van der Waals surface area contributed by atoms with Crippen LogP contribution in [0.3, 0.4) is 0 Å². The van der Waals surface area contributed by atoms with Gasteiger partial charge < -0.3 is 10.5 Å². The molecule has 0 radical (unpaired) electrons. The van der Waals surface area contributed by atoms with Crippen LogP contribution in [0.2, 0.25) is 0 Å². The second-order valence-corrected chi connectivity index (χ2v) is 3.46. The van der Waals surface area contributed by atoms with Crippen LogP contribution in [-0.4, -0.2) is 7.11 Å². The van der Waals surface area contributed by atoms with Gasteiger partial charge in [-0.05, 0) is 23.8 Å². The standard InChI is InChI=1S/C14H10N4O/c1-19-13-4-2-3-10(6-13)5-11(7-15)14(18)12(8-16)9-17/h2-6H,18H2,1H3/b11-5+. The van der Waals surface area contributed by atoms with Crippen molar-refractivity contribution in [2.45, 2.75) is 0 Å². The van der Waals surface area contributed by atoms with Gasteiger partial charge in [0.15, 0.2) is 5.57 Å². The van der Waals surface area contributed by atoms with Gasteiger partial charge in [0.2, 0.25) is 0 Å². The Bertz CT molecular complexity index is 650. The largest absolute Gasteiger partial charge is 0.497 e. The van der Waals surface area contributed by atoms with E-state index >= 15 is 0 Å². The van der Waals surface area contributed by atoms with E-state index in [0.717, 1.165) is 0 Å². The van der Waals surface area contributed by atoms with Gasteiger partial charge >= 0.3 is 0 Å². The molecule has 0 saturated heterocycles. The predicted octanol–water partition coefficient (Wildman–Crippen LogP) is 1.86. The number of benzene rings is 1. The van der Waals surface area contributed by atoms with E-state index in [1.165, 1.54) is 13.2 Å². The molecule has 0 aromatic heterocycles. The van der Waals surface area contributed by atoms with Gasteiger partial charge in [-0.1, -0.05) is 12.1 Å². The molecule has 1 aromatic rings. The van der Waals surface area contributed by atoms with Crippen LogP contribution < -0.4 is 10.5 Å². The van der Waals surface area contributed by atoms with Gasteiger partial charge in [0.25, 0.3) is 0 Å². The predicted molar refractivity (Wildman–Crippen MR) is 69.0 cm³/mol. The molecule has 0 saturated carbocycles. The molecule has 2 N–H and O–H groups in total. The van der Waals surface area contributed by atoms with Gasteiger partial charge in [-0.3, -0.25) is 0 Å². The van der Waals surface area contributed by atoms with Crippen molar-refractivity contribution in [3.8, 4) is 24.0 Å². The number of ether oxygens (including phenoxy) is 1. The fraction of sp³-hybridized carbons (Fsp3) is 0.0714. The normalized spacial score (nSPS) is 9.68. The summed E-state index contributed by atoms with van der Waals surface area (Å²) in [4.78, 5) is 0. The van der Waals surface area contributed by atoms with E-state index in [2.05, 4.69) is 0 Å². The molecule has 5 heteroatoms. The Morgan fingerprint density at radius 1 is 1.21 bits per heavy atom. The van der Waals surface area contributed by atoms with E-state index in [9.17, 15) is 0 Å². The van der Waals surface area contributed by atoms with Crippen molar-refractivity contribution in [3.63, 3.8) is 0 Å². The number of nitrogens with zero attached hydrogens (tertiary/aromatic N) is 3. The van der Waals surface area contributed by atoms with Crippen molar-refractivity contribution in [2.24, 2.45) is 5.73 Å². The molecule has 0 bridgehead atoms. The highest BCUT2D eigenvalue weighted by Gasteiger charge is 2.08. The molecular formula is C14H10N4O. The fourth-order valence-electron chi connectivity index (χ4n) is 1.35. The lowest BCUT2D eigenvalue weighted by Crippen LogP contribution is -2.03. The third-order valence-corrected chi connectivity index (χ3v) is 2.31. The number of nitrogens with two attached hydrogens (primary N) is 1. The molecule has 0 unspecified atom stereocenters. The first-order valence-corrected chi connectivity index (χ1v) is 5.22. The van der Waals surface area contributed by atoms with Crippen molar-refractivity contribution in [1.82, 2.24) is 0 Å². The van der Waals surface area contributed by atoms with Crippen LogP contribution in [0.1, 0.15) is 5.56 Å². The van der Waals surface area contributed by atoms with Crippen LogP contribution >= 0.6 is 0 Å². The van der Waals surface area contributed by atoms with Crippen LogP contribution in [0.4, 0.5) is 0 Å². The van der Waals surface area contributed by atoms with Crippen LogP contribution in [0, 0.1) is 34.0 Å². The van der Waals surface area contributed by atoms with Crippen LogP contribution in [-0.2, 0) is 0 Å². The Kier molecular flexibility index (Phi) is 4.73. The summed E-state index contributed by atoms with van der Waals surface area (Å²) >= 11 is 0. The monoisotopic (exact) mass is 250 g/mol. The quantitative estimate of drug-likeness (QED) is 0.650. The van der Waals surface area contributed by atoms with Crippen LogP contribution in [0.5, 0.6) is 5.75 Å². The molecule has 0 atom stereocenters. The first-order valence-electron chi connectivity index (χ1n) is 5.22. The summed E-state index contributed by atoms with van der Waals surface area (Å²) in [6.45, 7) is 0. The van der Waals surface area contributed by atoms with Crippen molar-refractivity contribution in [1.29, 1.82) is 15.8 Å². The highest BCUT2D eigenvalue weighted by atomic mass is 16.5. The SMILES string of the molecule is COc1cccc(/C=C(\C#N)C(N)=C(C#N)C#N)c1. The Labute approximate surface area is 111 Å². The van der Waals surface area contributed by atoms with Crippen molar-refractivity contribution in [3.05, 3.63) is 46.7 Å². The molecule has 0 heterocycles. The summed E-state index contributed by atoms with van der Waals surface area (Å²) < 4.78 is 5.06. The lowest BCUT2D eigenvalue weighted by Gasteiger charge is -2.02. The molecule has 0 aliphatic rings. The summed E-state index contributed by atoms with van der Waals surface area (Å²) in [6.07, 6.45) is 1.49. The zero-order chi connectivity index (χ0) is 14.3. The number of nitriles is 3. The number of methoxy groups -OCH3 is 1. The Morgan fingerprint density at radius 2 is 1.89 bits per heavy atom. The number of rotatable bonds is 3. The molecule has 1 aromatic carbocycles. The Morgan fingerprint density at radius 3 is 2.42 bits per heavy atom. The molecule has 92 valence electrons. The summed E-state index contributed by atoms with van der Waals surface area (Å²) in [5.41, 5.74) is 5.96. The minimum atomic E-state index is -0.282. The lowest BCUT2D eigenvalue weighted by atomic mass is 10.1. The average Bonchev–Trinajstić information content (AvgIpc) is 2.46. The lowest BCUT2D eigenvalue weighted by molar-refractivity contribution is 0.414. The van der Waals surface area contributed by atoms with Gasteiger partial charge in [0.1, 0.15) is 24.0 Å². The first kappa shape index (κ1) is 13.8. The highest BCUT2D eigenvalue weighted by Crippen LogP contribution is 2.17. The van der Waals surface area contributed by atoms with Crippen molar-refractivity contribution in [2.75, 3.05) is 7.11 Å². The molecule has 0 aliphatic carbocycles. The minimum Gasteiger partial charge on any atom is -0.497 e. The van der Waals surface area contributed by atoms with Gasteiger partial charge in [0.05, 0.1) is 18.4 Å². The fourth-order valence-corrected chi connectivity index (χ4v) is 1.35. The molecule has 0 aliphatic heterocycles. The third kappa shape index (κ3) is 3.36. The Hall–Kier alpha value is -3.23. The smallest absolute Gasteiger partial charge is 0.153 e. The molecule has 1 rings (SSSR count). The summed E-state index contributed by atoms with van der Waals surface area (Å²) in [5, 5.41) is 26.5. The Balaban J connectivity index is 3.29. The topological polar surface area (TPSA) is 107 Å². The maximum atomic E-state index is 9.04. The maximum Gasteiger partial charge on any atom is 0.153 e. The molecule has 19 heavy (non-hydrogen) atoms. The average molecular weight is 250 g/mol. The van der Waals surface area contributed by atoms with Crippen LogP contribution in [0.15, 0.2) is 41.1 Å². The zero-order valence-corrected chi connectivity index (χ0v) is 10.2. The first-order chi connectivity index (χ1) is 9.15.